The van der Waals surface area contributed by atoms with Crippen LogP contribution in [0.25, 0.3) is 0 Å². The zero-order chi connectivity index (χ0) is 14.6. The van der Waals surface area contributed by atoms with Gasteiger partial charge in [-0.1, -0.05) is 6.92 Å². The number of amides is 1. The summed E-state index contributed by atoms with van der Waals surface area (Å²) in [6, 6.07) is 0. The van der Waals surface area contributed by atoms with Crippen molar-refractivity contribution in [3.63, 3.8) is 0 Å². The van der Waals surface area contributed by atoms with Crippen molar-refractivity contribution in [1.82, 2.24) is 4.90 Å². The van der Waals surface area contributed by atoms with Crippen LogP contribution in [0.1, 0.15) is 40.5 Å². The van der Waals surface area contributed by atoms with E-state index in [9.17, 15) is 13.4 Å². The Balaban J connectivity index is 2.43. The number of carbonyl (C=O) groups is 1. The Kier molecular flexibility index (Phi) is 5.62. The van der Waals surface area contributed by atoms with E-state index in [4.69, 9.17) is 4.74 Å². The van der Waals surface area contributed by atoms with Gasteiger partial charge in [0, 0.05) is 13.1 Å². The maximum Gasteiger partial charge on any atom is 0.538 e. The van der Waals surface area contributed by atoms with Crippen LogP contribution in [0.15, 0.2) is 0 Å². The number of nitrogens with zero attached hydrogens (tertiary/aromatic N) is 1. The summed E-state index contributed by atoms with van der Waals surface area (Å²) < 4.78 is 29.9. The number of ether oxygens (including phenoxy) is 1. The predicted molar refractivity (Wildman–Crippen MR) is 72.5 cm³/mol. The summed E-state index contributed by atoms with van der Waals surface area (Å²) in [5, 5.41) is 0. The highest BCUT2D eigenvalue weighted by Crippen LogP contribution is 2.43. The van der Waals surface area contributed by atoms with Crippen LogP contribution in [0.2, 0.25) is 6.32 Å². The molecule has 1 amide bonds. The average Bonchev–Trinajstić information content (AvgIpc) is 2.92. The molecule has 0 N–H and O–H groups in total. The summed E-state index contributed by atoms with van der Waals surface area (Å²) in [4.78, 5) is 13.7. The lowest BCUT2D eigenvalue weighted by Gasteiger charge is -2.27. The summed E-state index contributed by atoms with van der Waals surface area (Å²) in [6.07, 6.45) is 1.26. The molecule has 0 heterocycles. The highest BCUT2D eigenvalue weighted by Gasteiger charge is 2.42. The van der Waals surface area contributed by atoms with Gasteiger partial charge in [-0.15, -0.1) is 0 Å². The van der Waals surface area contributed by atoms with Gasteiger partial charge < -0.3 is 9.64 Å². The zero-order valence-electron chi connectivity index (χ0n) is 12.3. The van der Waals surface area contributed by atoms with Crippen LogP contribution in [-0.2, 0) is 4.74 Å². The summed E-state index contributed by atoms with van der Waals surface area (Å²) in [7, 11) is -2.24. The van der Waals surface area contributed by atoms with Crippen molar-refractivity contribution in [3.8, 4) is 0 Å². The molecule has 2 atom stereocenters. The number of hydrogen-bond acceptors (Lipinski definition) is 2. The molecule has 3 nitrogen and oxygen atoms in total. The summed E-state index contributed by atoms with van der Waals surface area (Å²) in [5.74, 6) is 0.287. The third kappa shape index (κ3) is 6.25. The van der Waals surface area contributed by atoms with Gasteiger partial charge in [-0.05, 0) is 51.8 Å². The molecule has 0 radical (unpaired) electrons. The first-order chi connectivity index (χ1) is 8.73. The van der Waals surface area contributed by atoms with Crippen molar-refractivity contribution in [2.24, 2.45) is 11.8 Å². The lowest BCUT2D eigenvalue weighted by atomic mass is 9.89. The zero-order valence-corrected chi connectivity index (χ0v) is 12.3. The lowest BCUT2D eigenvalue weighted by molar-refractivity contribution is 0.0239. The van der Waals surface area contributed by atoms with Gasteiger partial charge in [0.25, 0.3) is 0 Å². The Bertz CT molecular complexity index is 308. The van der Waals surface area contributed by atoms with Crippen molar-refractivity contribution >= 4 is 13.4 Å². The average molecular weight is 275 g/mol. The van der Waals surface area contributed by atoms with Crippen molar-refractivity contribution in [3.05, 3.63) is 0 Å². The Morgan fingerprint density at radius 3 is 2.47 bits per heavy atom. The molecule has 0 saturated heterocycles. The Morgan fingerprint density at radius 2 is 2.00 bits per heavy atom. The van der Waals surface area contributed by atoms with Crippen molar-refractivity contribution in [1.29, 1.82) is 0 Å². The number of hydrogen-bond donors (Lipinski definition) is 0. The molecule has 0 aromatic rings. The monoisotopic (exact) mass is 275 g/mol. The third-order valence-electron chi connectivity index (χ3n) is 3.15. The SMILES string of the molecule is CCCN(CC1C[C@H]1CB(F)F)C(=O)OC(C)(C)C. The van der Waals surface area contributed by atoms with E-state index in [-0.39, 0.29) is 24.2 Å². The van der Waals surface area contributed by atoms with Crippen molar-refractivity contribution in [2.75, 3.05) is 13.1 Å². The standard InChI is InChI=1S/C13H24BF2NO2/c1-5-6-17(12(18)19-13(2,3)4)9-11-7-10(11)8-14(15)16/h10-11H,5-9H2,1-4H3/t10-,11?/m0/s1. The van der Waals surface area contributed by atoms with Crippen LogP contribution in [0.4, 0.5) is 13.4 Å². The molecule has 1 saturated carbocycles. The maximum atomic E-state index is 12.3. The van der Waals surface area contributed by atoms with E-state index in [1.54, 1.807) is 4.90 Å². The van der Waals surface area contributed by atoms with Crippen LogP contribution in [0.5, 0.6) is 0 Å². The van der Waals surface area contributed by atoms with E-state index < -0.39 is 12.9 Å². The molecule has 0 spiro atoms. The minimum absolute atomic E-state index is 0.0427. The molecule has 1 aliphatic rings. The van der Waals surface area contributed by atoms with Gasteiger partial charge in [-0.25, -0.2) is 4.79 Å². The van der Waals surface area contributed by atoms with Gasteiger partial charge in [-0.3, -0.25) is 8.63 Å². The van der Waals surface area contributed by atoms with Crippen LogP contribution in [0, 0.1) is 11.8 Å². The lowest BCUT2D eigenvalue weighted by Crippen LogP contribution is -2.38. The molecule has 0 aromatic carbocycles. The molecule has 1 unspecified atom stereocenters. The smallest absolute Gasteiger partial charge is 0.444 e. The first-order valence-corrected chi connectivity index (χ1v) is 6.99. The molecule has 1 rings (SSSR count). The predicted octanol–water partition coefficient (Wildman–Crippen LogP) is 3.70. The van der Waals surface area contributed by atoms with Gasteiger partial charge in [-0.2, -0.15) is 0 Å². The van der Waals surface area contributed by atoms with Crippen LogP contribution < -0.4 is 0 Å². The van der Waals surface area contributed by atoms with Gasteiger partial charge >= 0.3 is 13.4 Å². The number of rotatable bonds is 6. The molecular weight excluding hydrogens is 251 g/mol. The molecule has 1 fully saturated rings. The highest BCUT2D eigenvalue weighted by molar-refractivity contribution is 6.42. The summed E-state index contributed by atoms with van der Waals surface area (Å²) in [5.41, 5.74) is -0.519. The number of carbonyl (C=O) groups excluding carboxylic acids is 1. The summed E-state index contributed by atoms with van der Waals surface area (Å²) >= 11 is 0. The largest absolute Gasteiger partial charge is 0.538 e. The Hall–Kier alpha value is -0.805. The van der Waals surface area contributed by atoms with Gasteiger partial charge in [0.1, 0.15) is 5.60 Å². The maximum absolute atomic E-state index is 12.3. The second-order valence-electron chi connectivity index (χ2n) is 6.31. The molecule has 6 heteroatoms. The first kappa shape index (κ1) is 16.2. The Morgan fingerprint density at radius 1 is 1.37 bits per heavy atom. The number of halogens is 2. The van der Waals surface area contributed by atoms with E-state index in [0.29, 0.717) is 13.1 Å². The quantitative estimate of drug-likeness (QED) is 0.692. The van der Waals surface area contributed by atoms with Gasteiger partial charge in [0.2, 0.25) is 0 Å². The van der Waals surface area contributed by atoms with Gasteiger partial charge in [0.15, 0.2) is 0 Å². The van der Waals surface area contributed by atoms with E-state index >= 15 is 0 Å². The fourth-order valence-electron chi connectivity index (χ4n) is 2.19. The van der Waals surface area contributed by atoms with E-state index in [2.05, 4.69) is 0 Å². The minimum atomic E-state index is -2.24. The molecule has 110 valence electrons. The Labute approximate surface area is 114 Å². The molecule has 1 aliphatic carbocycles. The van der Waals surface area contributed by atoms with Gasteiger partial charge in [0.05, 0.1) is 0 Å². The van der Waals surface area contributed by atoms with Crippen molar-refractivity contribution < 1.29 is 18.2 Å². The minimum Gasteiger partial charge on any atom is -0.444 e. The second-order valence-corrected chi connectivity index (χ2v) is 6.31. The third-order valence-corrected chi connectivity index (χ3v) is 3.15. The van der Waals surface area contributed by atoms with Crippen LogP contribution in [-0.4, -0.2) is 37.0 Å². The summed E-state index contributed by atoms with van der Waals surface area (Å²) in [6.45, 7) is 8.62. The molecular formula is C13H24BF2NO2. The first-order valence-electron chi connectivity index (χ1n) is 6.99. The van der Waals surface area contributed by atoms with Crippen LogP contribution in [0.3, 0.4) is 0 Å². The molecule has 0 aliphatic heterocycles. The van der Waals surface area contributed by atoms with E-state index in [0.717, 1.165) is 12.8 Å². The normalized spacial score (nSPS) is 22.0. The second kappa shape index (κ2) is 6.57. The topological polar surface area (TPSA) is 29.5 Å². The fourth-order valence-corrected chi connectivity index (χ4v) is 2.19. The fraction of sp³-hybridized carbons (Fsp3) is 0.923. The van der Waals surface area contributed by atoms with Crippen LogP contribution >= 0.6 is 0 Å². The van der Waals surface area contributed by atoms with Crippen molar-refractivity contribution in [2.45, 2.75) is 52.5 Å². The molecule has 0 bridgehead atoms. The molecule has 0 aromatic heterocycles. The highest BCUT2D eigenvalue weighted by atomic mass is 19.2. The van der Waals surface area contributed by atoms with E-state index in [1.165, 1.54) is 0 Å². The molecule has 19 heavy (non-hydrogen) atoms. The van der Waals surface area contributed by atoms with E-state index in [1.807, 2.05) is 27.7 Å².